The standard InChI is InChI=1S/C12H9FN4O/c1-18-12-9(4-8(13)6-16-12)11-15-5-7-2-3-14-10(7)17-11/h2-6H,1H3,(H,14,15,17). The number of hydrogen-bond acceptors (Lipinski definition) is 4. The Hall–Kier alpha value is -2.50. The Morgan fingerprint density at radius 3 is 3.00 bits per heavy atom. The number of ether oxygens (including phenoxy) is 1. The van der Waals surface area contributed by atoms with Crippen molar-refractivity contribution in [1.29, 1.82) is 0 Å². The summed E-state index contributed by atoms with van der Waals surface area (Å²) in [7, 11) is 1.47. The van der Waals surface area contributed by atoms with Crippen LogP contribution in [-0.2, 0) is 0 Å². The molecule has 6 heteroatoms. The second kappa shape index (κ2) is 4.06. The Bertz CT molecular complexity index is 710. The second-order valence-corrected chi connectivity index (χ2v) is 3.69. The number of nitrogens with one attached hydrogen (secondary N) is 1. The first kappa shape index (κ1) is 10.6. The quantitative estimate of drug-likeness (QED) is 0.750. The fourth-order valence-corrected chi connectivity index (χ4v) is 1.72. The Balaban J connectivity index is 2.21. The maximum absolute atomic E-state index is 13.2. The summed E-state index contributed by atoms with van der Waals surface area (Å²) in [6, 6.07) is 3.16. The summed E-state index contributed by atoms with van der Waals surface area (Å²) in [6.07, 6.45) is 4.53. The van der Waals surface area contributed by atoms with Crippen LogP contribution in [0.4, 0.5) is 4.39 Å². The van der Waals surface area contributed by atoms with Crippen molar-refractivity contribution in [3.8, 4) is 17.3 Å². The molecule has 3 heterocycles. The van der Waals surface area contributed by atoms with Gasteiger partial charge < -0.3 is 9.72 Å². The average Bonchev–Trinajstić information content (AvgIpc) is 2.85. The number of pyridine rings is 1. The van der Waals surface area contributed by atoms with Crippen LogP contribution in [0.5, 0.6) is 5.88 Å². The van der Waals surface area contributed by atoms with Crippen LogP contribution in [0.1, 0.15) is 0 Å². The third-order valence-electron chi connectivity index (χ3n) is 2.55. The predicted molar refractivity (Wildman–Crippen MR) is 63.6 cm³/mol. The zero-order chi connectivity index (χ0) is 12.5. The van der Waals surface area contributed by atoms with Crippen LogP contribution in [0.15, 0.2) is 30.7 Å². The first-order valence-corrected chi connectivity index (χ1v) is 5.28. The minimum Gasteiger partial charge on any atom is -0.480 e. The molecule has 0 atom stereocenters. The van der Waals surface area contributed by atoms with Crippen molar-refractivity contribution in [3.63, 3.8) is 0 Å². The van der Waals surface area contributed by atoms with Gasteiger partial charge in [0.05, 0.1) is 18.9 Å². The Labute approximate surface area is 102 Å². The molecular weight excluding hydrogens is 235 g/mol. The van der Waals surface area contributed by atoms with Gasteiger partial charge in [0.15, 0.2) is 5.82 Å². The van der Waals surface area contributed by atoms with Gasteiger partial charge in [-0.15, -0.1) is 0 Å². The molecule has 0 aliphatic rings. The van der Waals surface area contributed by atoms with E-state index in [1.165, 1.54) is 13.2 Å². The van der Waals surface area contributed by atoms with Gasteiger partial charge >= 0.3 is 0 Å². The minimum absolute atomic E-state index is 0.294. The second-order valence-electron chi connectivity index (χ2n) is 3.69. The number of rotatable bonds is 2. The number of fused-ring (bicyclic) bond motifs is 1. The molecule has 0 bridgehead atoms. The van der Waals surface area contributed by atoms with Crippen LogP contribution in [0.2, 0.25) is 0 Å². The number of hydrogen-bond donors (Lipinski definition) is 1. The van der Waals surface area contributed by atoms with E-state index in [1.54, 1.807) is 12.4 Å². The van der Waals surface area contributed by atoms with Crippen LogP contribution in [0.3, 0.4) is 0 Å². The fourth-order valence-electron chi connectivity index (χ4n) is 1.72. The van der Waals surface area contributed by atoms with Gasteiger partial charge in [0, 0.05) is 17.8 Å². The smallest absolute Gasteiger partial charge is 0.224 e. The van der Waals surface area contributed by atoms with Gasteiger partial charge in [-0.05, 0) is 12.1 Å². The monoisotopic (exact) mass is 244 g/mol. The van der Waals surface area contributed by atoms with E-state index < -0.39 is 5.82 Å². The number of aromatic amines is 1. The molecule has 0 fully saturated rings. The number of halogens is 1. The summed E-state index contributed by atoms with van der Waals surface area (Å²) >= 11 is 0. The van der Waals surface area contributed by atoms with Crippen molar-refractivity contribution in [2.24, 2.45) is 0 Å². The van der Waals surface area contributed by atoms with Gasteiger partial charge in [0.2, 0.25) is 5.88 Å². The average molecular weight is 244 g/mol. The molecule has 90 valence electrons. The van der Waals surface area contributed by atoms with E-state index in [9.17, 15) is 4.39 Å². The highest BCUT2D eigenvalue weighted by Crippen LogP contribution is 2.26. The maximum Gasteiger partial charge on any atom is 0.224 e. The van der Waals surface area contributed by atoms with Crippen LogP contribution < -0.4 is 4.74 Å². The van der Waals surface area contributed by atoms with Gasteiger partial charge in [-0.3, -0.25) is 0 Å². The summed E-state index contributed by atoms with van der Waals surface area (Å²) in [4.78, 5) is 15.3. The molecule has 18 heavy (non-hydrogen) atoms. The molecule has 0 aliphatic carbocycles. The van der Waals surface area contributed by atoms with Crippen molar-refractivity contribution in [1.82, 2.24) is 19.9 Å². The summed E-state index contributed by atoms with van der Waals surface area (Å²) in [5.41, 5.74) is 1.11. The number of H-pyrrole nitrogens is 1. The van der Waals surface area contributed by atoms with E-state index in [0.29, 0.717) is 22.9 Å². The van der Waals surface area contributed by atoms with Crippen molar-refractivity contribution < 1.29 is 9.13 Å². The van der Waals surface area contributed by atoms with Gasteiger partial charge in [-0.2, -0.15) is 0 Å². The molecule has 0 saturated carbocycles. The lowest BCUT2D eigenvalue weighted by atomic mass is 10.2. The molecule has 5 nitrogen and oxygen atoms in total. The number of aromatic nitrogens is 4. The Morgan fingerprint density at radius 1 is 1.28 bits per heavy atom. The highest BCUT2D eigenvalue weighted by atomic mass is 19.1. The van der Waals surface area contributed by atoms with Crippen LogP contribution in [-0.4, -0.2) is 27.0 Å². The zero-order valence-corrected chi connectivity index (χ0v) is 9.51. The van der Waals surface area contributed by atoms with Crippen LogP contribution in [0.25, 0.3) is 22.4 Å². The maximum atomic E-state index is 13.2. The molecule has 0 aromatic carbocycles. The SMILES string of the molecule is COc1ncc(F)cc1-c1ncc2cc[nH]c2n1. The first-order valence-electron chi connectivity index (χ1n) is 5.28. The lowest BCUT2D eigenvalue weighted by molar-refractivity contribution is 0.397. The molecule has 3 aromatic heterocycles. The van der Waals surface area contributed by atoms with Crippen LogP contribution >= 0.6 is 0 Å². The highest BCUT2D eigenvalue weighted by molar-refractivity contribution is 5.77. The first-order chi connectivity index (χ1) is 8.78. The summed E-state index contributed by atoms with van der Waals surface area (Å²) < 4.78 is 18.3. The van der Waals surface area contributed by atoms with Crippen molar-refractivity contribution in [3.05, 3.63) is 36.5 Å². The number of methoxy groups -OCH3 is 1. The zero-order valence-electron chi connectivity index (χ0n) is 9.51. The van der Waals surface area contributed by atoms with Crippen molar-refractivity contribution in [2.75, 3.05) is 7.11 Å². The molecule has 0 amide bonds. The van der Waals surface area contributed by atoms with Gasteiger partial charge in [-0.25, -0.2) is 19.3 Å². The van der Waals surface area contributed by atoms with E-state index in [0.717, 1.165) is 11.6 Å². The van der Waals surface area contributed by atoms with E-state index in [1.807, 2.05) is 6.07 Å². The third-order valence-corrected chi connectivity index (χ3v) is 2.55. The van der Waals surface area contributed by atoms with Gasteiger partial charge in [-0.1, -0.05) is 0 Å². The highest BCUT2D eigenvalue weighted by Gasteiger charge is 2.12. The molecule has 0 aliphatic heterocycles. The normalized spacial score (nSPS) is 10.8. The summed E-state index contributed by atoms with van der Waals surface area (Å²) in [5, 5.41) is 0.891. The molecule has 1 N–H and O–H groups in total. The van der Waals surface area contributed by atoms with E-state index in [-0.39, 0.29) is 0 Å². The van der Waals surface area contributed by atoms with E-state index in [2.05, 4.69) is 19.9 Å². The number of nitrogens with zero attached hydrogens (tertiary/aromatic N) is 3. The Morgan fingerprint density at radius 2 is 2.17 bits per heavy atom. The lowest BCUT2D eigenvalue weighted by Crippen LogP contribution is -1.96. The largest absolute Gasteiger partial charge is 0.480 e. The molecule has 3 aromatic rings. The van der Waals surface area contributed by atoms with Gasteiger partial charge in [0.1, 0.15) is 11.5 Å². The van der Waals surface area contributed by atoms with Crippen molar-refractivity contribution in [2.45, 2.75) is 0 Å². The fraction of sp³-hybridized carbons (Fsp3) is 0.0833. The minimum atomic E-state index is -0.457. The molecule has 3 rings (SSSR count). The molecule has 0 radical (unpaired) electrons. The molecule has 0 spiro atoms. The molecule has 0 unspecified atom stereocenters. The molecule has 0 saturated heterocycles. The van der Waals surface area contributed by atoms with E-state index >= 15 is 0 Å². The van der Waals surface area contributed by atoms with E-state index in [4.69, 9.17) is 4.74 Å². The summed E-state index contributed by atoms with van der Waals surface area (Å²) in [6.45, 7) is 0. The topological polar surface area (TPSA) is 63.7 Å². The lowest BCUT2D eigenvalue weighted by Gasteiger charge is -2.05. The predicted octanol–water partition coefficient (Wildman–Crippen LogP) is 2.17. The van der Waals surface area contributed by atoms with Crippen LogP contribution in [0, 0.1) is 5.82 Å². The van der Waals surface area contributed by atoms with Gasteiger partial charge in [0.25, 0.3) is 0 Å². The third kappa shape index (κ3) is 1.67. The Kier molecular flexibility index (Phi) is 2.40. The molecular formula is C12H9FN4O. The van der Waals surface area contributed by atoms with Crippen molar-refractivity contribution >= 4 is 11.0 Å². The summed E-state index contributed by atoms with van der Waals surface area (Å²) in [5.74, 6) is 0.206.